The third kappa shape index (κ3) is 2.96. The summed E-state index contributed by atoms with van der Waals surface area (Å²) in [4.78, 5) is 13.0. The van der Waals surface area contributed by atoms with E-state index >= 15 is 0 Å². The highest BCUT2D eigenvalue weighted by atomic mass is 19.1. The predicted molar refractivity (Wildman–Crippen MR) is 61.8 cm³/mol. The van der Waals surface area contributed by atoms with Gasteiger partial charge in [0.1, 0.15) is 18.7 Å². The molecule has 0 aliphatic carbocycles. The van der Waals surface area contributed by atoms with Gasteiger partial charge in [-0.25, -0.2) is 9.18 Å². The smallest absolute Gasteiger partial charge is 0.414 e. The highest BCUT2D eigenvalue weighted by Crippen LogP contribution is 2.22. The summed E-state index contributed by atoms with van der Waals surface area (Å²) in [6.07, 6.45) is -0.859. The van der Waals surface area contributed by atoms with Gasteiger partial charge >= 0.3 is 6.09 Å². The molecule has 1 amide bonds. The Hall–Kier alpha value is -1.66. The second-order valence-corrected chi connectivity index (χ2v) is 3.87. The van der Waals surface area contributed by atoms with Gasteiger partial charge in [0.05, 0.1) is 18.8 Å². The van der Waals surface area contributed by atoms with Crippen LogP contribution in [0.3, 0.4) is 0 Å². The van der Waals surface area contributed by atoms with Gasteiger partial charge in [0.2, 0.25) is 0 Å². The van der Waals surface area contributed by atoms with Crippen molar-refractivity contribution in [2.24, 2.45) is 0 Å². The summed E-state index contributed by atoms with van der Waals surface area (Å²) >= 11 is 0. The van der Waals surface area contributed by atoms with Crippen LogP contribution in [0.1, 0.15) is 0 Å². The van der Waals surface area contributed by atoms with Gasteiger partial charge in [-0.1, -0.05) is 6.07 Å². The van der Waals surface area contributed by atoms with Crippen molar-refractivity contribution in [2.75, 3.05) is 32.0 Å². The van der Waals surface area contributed by atoms with E-state index in [2.05, 4.69) is 0 Å². The zero-order chi connectivity index (χ0) is 13.0. The summed E-state index contributed by atoms with van der Waals surface area (Å²) in [5.41, 5.74) is 0.481. The van der Waals surface area contributed by atoms with Gasteiger partial charge in [-0.05, 0) is 18.2 Å². The quantitative estimate of drug-likeness (QED) is 0.594. The molecular formula is C12H14FNO4. The molecule has 0 aromatic heterocycles. The number of carbonyl (C=O) groups is 1. The first kappa shape index (κ1) is 12.8. The Morgan fingerprint density at radius 1 is 1.56 bits per heavy atom. The van der Waals surface area contributed by atoms with Crippen molar-refractivity contribution >= 4 is 11.8 Å². The number of benzene rings is 1. The number of hydrogen-bond donors (Lipinski definition) is 0. The van der Waals surface area contributed by atoms with Gasteiger partial charge in [-0.15, -0.1) is 0 Å². The Labute approximate surface area is 104 Å². The monoisotopic (exact) mass is 255 g/mol. The number of anilines is 1. The molecule has 1 aromatic rings. The number of nitrogens with zero attached hydrogens (tertiary/aromatic N) is 1. The van der Waals surface area contributed by atoms with Crippen molar-refractivity contribution in [3.8, 4) is 0 Å². The van der Waals surface area contributed by atoms with Crippen molar-refractivity contribution in [1.29, 1.82) is 0 Å². The molecule has 98 valence electrons. The molecule has 0 N–H and O–H groups in total. The minimum atomic E-state index is -0.494. The molecule has 0 unspecified atom stereocenters. The molecule has 5 nitrogen and oxygen atoms in total. The molecule has 1 aromatic carbocycles. The summed E-state index contributed by atoms with van der Waals surface area (Å²) in [6, 6.07) is 5.82. The maximum atomic E-state index is 13.1. The average Bonchev–Trinajstić information content (AvgIpc) is 2.71. The van der Waals surface area contributed by atoms with E-state index < -0.39 is 6.09 Å². The van der Waals surface area contributed by atoms with Crippen LogP contribution in [0, 0.1) is 5.82 Å². The Morgan fingerprint density at radius 2 is 2.39 bits per heavy atom. The molecule has 0 radical (unpaired) electrons. The zero-order valence-electron chi connectivity index (χ0n) is 9.97. The van der Waals surface area contributed by atoms with Crippen molar-refractivity contribution in [3.05, 3.63) is 30.1 Å². The van der Waals surface area contributed by atoms with Gasteiger partial charge in [0, 0.05) is 7.11 Å². The first-order chi connectivity index (χ1) is 8.70. The topological polar surface area (TPSA) is 48.0 Å². The maximum Gasteiger partial charge on any atom is 0.414 e. The van der Waals surface area contributed by atoms with Gasteiger partial charge in [-0.2, -0.15) is 0 Å². The second-order valence-electron chi connectivity index (χ2n) is 3.87. The van der Waals surface area contributed by atoms with Crippen molar-refractivity contribution < 1.29 is 23.4 Å². The summed E-state index contributed by atoms with van der Waals surface area (Å²) in [5.74, 6) is -0.389. The number of hydrogen-bond acceptors (Lipinski definition) is 4. The van der Waals surface area contributed by atoms with Gasteiger partial charge in [0.25, 0.3) is 0 Å². The molecule has 0 spiro atoms. The van der Waals surface area contributed by atoms with Gasteiger partial charge in [0.15, 0.2) is 0 Å². The summed E-state index contributed by atoms with van der Waals surface area (Å²) < 4.78 is 28.0. The Morgan fingerprint density at radius 3 is 3.11 bits per heavy atom. The molecule has 0 saturated carbocycles. The summed E-state index contributed by atoms with van der Waals surface area (Å²) in [5, 5.41) is 0. The molecule has 1 aliphatic rings. The SMILES string of the molecule is COCOC[C@H]1CN(c2cccc(F)c2)C(=O)O1. The van der Waals surface area contributed by atoms with Crippen LogP contribution >= 0.6 is 0 Å². The van der Waals surface area contributed by atoms with E-state index in [4.69, 9.17) is 14.2 Å². The third-order valence-corrected chi connectivity index (χ3v) is 2.50. The number of amides is 1. The molecule has 1 heterocycles. The number of carbonyl (C=O) groups excluding carboxylic acids is 1. The highest BCUT2D eigenvalue weighted by Gasteiger charge is 2.32. The Balaban J connectivity index is 1.97. The molecular weight excluding hydrogens is 241 g/mol. The Bertz CT molecular complexity index is 426. The lowest BCUT2D eigenvalue weighted by Crippen LogP contribution is -2.26. The third-order valence-electron chi connectivity index (χ3n) is 2.50. The van der Waals surface area contributed by atoms with Gasteiger partial charge < -0.3 is 14.2 Å². The van der Waals surface area contributed by atoms with Crippen LogP contribution in [0.25, 0.3) is 0 Å². The molecule has 1 saturated heterocycles. The molecule has 2 rings (SSSR count). The summed E-state index contributed by atoms with van der Waals surface area (Å²) in [6.45, 7) is 0.741. The van der Waals surface area contributed by atoms with Crippen molar-refractivity contribution in [2.45, 2.75) is 6.10 Å². The van der Waals surface area contributed by atoms with Crippen LogP contribution in [0.2, 0.25) is 0 Å². The highest BCUT2D eigenvalue weighted by molar-refractivity contribution is 5.89. The summed E-state index contributed by atoms with van der Waals surface area (Å²) in [7, 11) is 1.51. The first-order valence-electron chi connectivity index (χ1n) is 5.51. The lowest BCUT2D eigenvalue weighted by Gasteiger charge is -2.12. The minimum absolute atomic E-state index is 0.147. The van der Waals surface area contributed by atoms with Crippen LogP contribution in [0.5, 0.6) is 0 Å². The largest absolute Gasteiger partial charge is 0.441 e. The fraction of sp³-hybridized carbons (Fsp3) is 0.417. The number of ether oxygens (including phenoxy) is 3. The first-order valence-corrected chi connectivity index (χ1v) is 5.51. The average molecular weight is 255 g/mol. The normalized spacial score (nSPS) is 19.1. The van der Waals surface area contributed by atoms with Crippen molar-refractivity contribution in [1.82, 2.24) is 0 Å². The molecule has 1 atom stereocenters. The van der Waals surface area contributed by atoms with E-state index in [-0.39, 0.29) is 25.3 Å². The van der Waals surface area contributed by atoms with Crippen LogP contribution < -0.4 is 4.90 Å². The Kier molecular flexibility index (Phi) is 4.11. The second kappa shape index (κ2) is 5.79. The molecule has 6 heteroatoms. The molecule has 1 fully saturated rings. The number of rotatable bonds is 5. The van der Waals surface area contributed by atoms with Crippen molar-refractivity contribution in [3.63, 3.8) is 0 Å². The number of methoxy groups -OCH3 is 1. The van der Waals surface area contributed by atoms with Gasteiger partial charge in [-0.3, -0.25) is 4.90 Å². The van der Waals surface area contributed by atoms with Crippen LogP contribution in [-0.2, 0) is 14.2 Å². The van der Waals surface area contributed by atoms with E-state index in [0.717, 1.165) is 0 Å². The van der Waals surface area contributed by atoms with E-state index in [9.17, 15) is 9.18 Å². The van der Waals surface area contributed by atoms with E-state index in [0.29, 0.717) is 12.2 Å². The van der Waals surface area contributed by atoms with Crippen LogP contribution in [0.15, 0.2) is 24.3 Å². The number of cyclic esters (lactones) is 1. The van der Waals surface area contributed by atoms with Crippen LogP contribution in [-0.4, -0.2) is 39.3 Å². The van der Waals surface area contributed by atoms with E-state index in [1.165, 1.54) is 24.1 Å². The van der Waals surface area contributed by atoms with E-state index in [1.54, 1.807) is 12.1 Å². The van der Waals surface area contributed by atoms with E-state index in [1.807, 2.05) is 0 Å². The molecule has 0 bridgehead atoms. The lowest BCUT2D eigenvalue weighted by atomic mass is 10.2. The fourth-order valence-corrected chi connectivity index (χ4v) is 1.73. The maximum absolute atomic E-state index is 13.1. The predicted octanol–water partition coefficient (Wildman–Crippen LogP) is 1.77. The zero-order valence-corrected chi connectivity index (χ0v) is 9.97. The fourth-order valence-electron chi connectivity index (χ4n) is 1.73. The molecule has 18 heavy (non-hydrogen) atoms. The minimum Gasteiger partial charge on any atom is -0.441 e. The number of halogens is 1. The standard InChI is InChI=1S/C12H14FNO4/c1-16-8-17-7-11-6-14(12(15)18-11)10-4-2-3-9(13)5-10/h2-5,11H,6-8H2,1H3/t11-/m1/s1. The lowest BCUT2D eigenvalue weighted by molar-refractivity contribution is -0.0555. The molecule has 1 aliphatic heterocycles. The van der Waals surface area contributed by atoms with Crippen LogP contribution in [0.4, 0.5) is 14.9 Å².